The Bertz CT molecular complexity index is 1150. The summed E-state index contributed by atoms with van der Waals surface area (Å²) in [6, 6.07) is 19.2. The molecule has 1 aromatic heterocycles. The molecule has 0 radical (unpaired) electrons. The van der Waals surface area contributed by atoms with Crippen molar-refractivity contribution >= 4 is 22.4 Å². The van der Waals surface area contributed by atoms with Crippen molar-refractivity contribution in [3.05, 3.63) is 70.7 Å². The Morgan fingerprint density at radius 3 is 2.46 bits per heavy atom. The van der Waals surface area contributed by atoms with Gasteiger partial charge in [0.05, 0.1) is 5.69 Å². The maximum Gasteiger partial charge on any atom is 0.251 e. The summed E-state index contributed by atoms with van der Waals surface area (Å²) in [4.78, 5) is 21.5. The quantitative estimate of drug-likeness (QED) is 0.348. The second kappa shape index (κ2) is 12.2. The highest BCUT2D eigenvalue weighted by Crippen LogP contribution is 2.32. The third-order valence-electron chi connectivity index (χ3n) is 8.22. The zero-order chi connectivity index (χ0) is 25.6. The second-order valence-electron chi connectivity index (χ2n) is 10.8. The van der Waals surface area contributed by atoms with Crippen LogP contribution in [0, 0.1) is 5.92 Å². The van der Waals surface area contributed by atoms with E-state index in [1.54, 1.807) is 11.3 Å². The van der Waals surface area contributed by atoms with Crippen molar-refractivity contribution in [2.24, 2.45) is 5.92 Å². The topological polar surface area (TPSA) is 71.2 Å². The van der Waals surface area contributed by atoms with E-state index in [1.165, 1.54) is 61.3 Å². The van der Waals surface area contributed by atoms with E-state index in [2.05, 4.69) is 34.3 Å². The van der Waals surface area contributed by atoms with Gasteiger partial charge in [-0.25, -0.2) is 4.98 Å². The largest absolute Gasteiger partial charge is 0.375 e. The highest BCUT2D eigenvalue weighted by Gasteiger charge is 2.28. The summed E-state index contributed by atoms with van der Waals surface area (Å²) in [5.74, 6) is 0.813. The number of benzene rings is 2. The molecular weight excluding hydrogens is 476 g/mol. The summed E-state index contributed by atoms with van der Waals surface area (Å²) in [6.07, 6.45) is 10.4. The summed E-state index contributed by atoms with van der Waals surface area (Å²) in [5.41, 5.74) is 10.3. The third-order valence-corrected chi connectivity index (χ3v) is 9.17. The average Bonchev–Trinajstić information content (AvgIpc) is 3.31. The summed E-state index contributed by atoms with van der Waals surface area (Å²) in [5, 5.41) is 4.02. The van der Waals surface area contributed by atoms with E-state index in [0.29, 0.717) is 6.04 Å². The molecule has 2 aliphatic carbocycles. The number of fused-ring (bicyclic) bond motifs is 1. The number of nitrogens with two attached hydrogens (primary N) is 1. The molecule has 0 bridgehead atoms. The molecular formula is C31H40N4OS. The molecule has 1 fully saturated rings. The minimum absolute atomic E-state index is 0.0533. The van der Waals surface area contributed by atoms with Gasteiger partial charge in [-0.2, -0.15) is 0 Å². The second-order valence-corrected chi connectivity index (χ2v) is 11.9. The Balaban J connectivity index is 1.07. The number of rotatable bonds is 9. The zero-order valence-electron chi connectivity index (χ0n) is 22.0. The van der Waals surface area contributed by atoms with E-state index in [1.807, 2.05) is 42.5 Å². The molecule has 6 heteroatoms. The van der Waals surface area contributed by atoms with Crippen LogP contribution in [0.2, 0.25) is 0 Å². The Kier molecular flexibility index (Phi) is 8.57. The predicted molar refractivity (Wildman–Crippen MR) is 154 cm³/mol. The van der Waals surface area contributed by atoms with E-state index >= 15 is 0 Å². The smallest absolute Gasteiger partial charge is 0.251 e. The molecule has 0 aliphatic heterocycles. The highest BCUT2D eigenvalue weighted by molar-refractivity contribution is 7.15. The molecule has 1 heterocycles. The summed E-state index contributed by atoms with van der Waals surface area (Å²) in [6.45, 7) is 4.63. The van der Waals surface area contributed by atoms with Crippen LogP contribution in [0.3, 0.4) is 0 Å². The average molecular weight is 517 g/mol. The van der Waals surface area contributed by atoms with Gasteiger partial charge in [-0.1, -0.05) is 49.4 Å². The molecule has 196 valence electrons. The fourth-order valence-corrected chi connectivity index (χ4v) is 7.06. The molecule has 5 rings (SSSR count). The number of hydrogen-bond donors (Lipinski definition) is 2. The van der Waals surface area contributed by atoms with Gasteiger partial charge >= 0.3 is 0 Å². The number of carbonyl (C=O) groups is 1. The number of thiazole rings is 1. The van der Waals surface area contributed by atoms with Gasteiger partial charge in [0.2, 0.25) is 0 Å². The highest BCUT2D eigenvalue weighted by atomic mass is 32.1. The zero-order valence-corrected chi connectivity index (χ0v) is 22.8. The van der Waals surface area contributed by atoms with Crippen LogP contribution >= 0.6 is 11.3 Å². The molecule has 1 atom stereocenters. The maximum absolute atomic E-state index is 12.9. The summed E-state index contributed by atoms with van der Waals surface area (Å²) in [7, 11) is 0. The number of carbonyl (C=O) groups excluding carboxylic acids is 1. The first-order valence-electron chi connectivity index (χ1n) is 14.0. The number of nitrogens with one attached hydrogen (secondary N) is 1. The lowest BCUT2D eigenvalue weighted by Gasteiger charge is -2.36. The Morgan fingerprint density at radius 1 is 1.00 bits per heavy atom. The van der Waals surface area contributed by atoms with Crippen molar-refractivity contribution in [3.8, 4) is 11.1 Å². The number of nitrogen functional groups attached to an aromatic ring is 1. The molecule has 37 heavy (non-hydrogen) atoms. The van der Waals surface area contributed by atoms with Crippen LogP contribution in [0.1, 0.15) is 72.8 Å². The Hall–Kier alpha value is -2.70. The maximum atomic E-state index is 12.9. The molecule has 2 aromatic carbocycles. The molecule has 5 nitrogen and oxygen atoms in total. The number of aromatic nitrogens is 1. The van der Waals surface area contributed by atoms with Gasteiger partial charge in [-0.15, -0.1) is 11.3 Å². The summed E-state index contributed by atoms with van der Waals surface area (Å²) < 4.78 is 0. The van der Waals surface area contributed by atoms with E-state index in [-0.39, 0.29) is 11.9 Å². The number of hydrogen-bond acceptors (Lipinski definition) is 5. The minimum atomic E-state index is 0.0533. The van der Waals surface area contributed by atoms with Crippen LogP contribution in [0.5, 0.6) is 0 Å². The fraction of sp³-hybridized carbons (Fsp3) is 0.484. The lowest BCUT2D eigenvalue weighted by molar-refractivity contribution is 0.0918. The SMILES string of the molecule is CCCN(CCC1CCC(NC(=O)c2ccc(-c3ccccc3)cc2)CC1)[C@H]1CCc2nc(N)sc2C1. The molecule has 0 spiro atoms. The molecule has 0 saturated heterocycles. The van der Waals surface area contributed by atoms with Crippen LogP contribution in [0.15, 0.2) is 54.6 Å². The Morgan fingerprint density at radius 2 is 1.73 bits per heavy atom. The Labute approximate surface area is 225 Å². The van der Waals surface area contributed by atoms with E-state index in [0.717, 1.165) is 47.9 Å². The predicted octanol–water partition coefficient (Wildman–Crippen LogP) is 6.34. The first-order chi connectivity index (χ1) is 18.1. The van der Waals surface area contributed by atoms with Crippen molar-refractivity contribution in [3.63, 3.8) is 0 Å². The minimum Gasteiger partial charge on any atom is -0.375 e. The molecule has 3 N–H and O–H groups in total. The number of amides is 1. The van der Waals surface area contributed by atoms with Crippen molar-refractivity contribution in [1.29, 1.82) is 0 Å². The van der Waals surface area contributed by atoms with Gasteiger partial charge in [0.15, 0.2) is 5.13 Å². The van der Waals surface area contributed by atoms with Gasteiger partial charge in [0.25, 0.3) is 5.91 Å². The molecule has 1 amide bonds. The van der Waals surface area contributed by atoms with E-state index in [9.17, 15) is 4.79 Å². The van der Waals surface area contributed by atoms with Gasteiger partial charge in [0, 0.05) is 22.5 Å². The lowest BCUT2D eigenvalue weighted by atomic mass is 9.83. The van der Waals surface area contributed by atoms with Crippen molar-refractivity contribution in [2.75, 3.05) is 18.8 Å². The van der Waals surface area contributed by atoms with Crippen LogP contribution in [-0.2, 0) is 12.8 Å². The standard InChI is InChI=1S/C31H40N4OS/c1-2-19-35(27-16-17-28-29(21-27)37-31(32)34-28)20-18-22-8-14-26(15-9-22)33-30(36)25-12-10-24(11-13-25)23-6-4-3-5-7-23/h3-7,10-13,22,26-27H,2,8-9,14-21H2,1H3,(H2,32,34)(H,33,36)/t22?,26?,27-/m0/s1. The first kappa shape index (κ1) is 25.9. The molecule has 2 aliphatic rings. The van der Waals surface area contributed by atoms with Gasteiger partial charge in [0.1, 0.15) is 0 Å². The van der Waals surface area contributed by atoms with E-state index in [4.69, 9.17) is 5.73 Å². The third kappa shape index (κ3) is 6.60. The van der Waals surface area contributed by atoms with E-state index < -0.39 is 0 Å². The van der Waals surface area contributed by atoms with Crippen molar-refractivity contribution < 1.29 is 4.79 Å². The monoisotopic (exact) mass is 516 g/mol. The van der Waals surface area contributed by atoms with Crippen molar-refractivity contribution in [1.82, 2.24) is 15.2 Å². The van der Waals surface area contributed by atoms with Crippen LogP contribution < -0.4 is 11.1 Å². The van der Waals surface area contributed by atoms with Gasteiger partial charge in [-0.05, 0) is 100 Å². The molecule has 0 unspecified atom stereocenters. The number of aryl methyl sites for hydroxylation is 1. The van der Waals surface area contributed by atoms with Gasteiger partial charge in [-0.3, -0.25) is 4.79 Å². The first-order valence-corrected chi connectivity index (χ1v) is 14.8. The van der Waals surface area contributed by atoms with Crippen LogP contribution in [0.25, 0.3) is 11.1 Å². The van der Waals surface area contributed by atoms with Crippen LogP contribution in [0.4, 0.5) is 5.13 Å². The van der Waals surface area contributed by atoms with Gasteiger partial charge < -0.3 is 16.0 Å². The van der Waals surface area contributed by atoms with Crippen LogP contribution in [-0.4, -0.2) is 41.0 Å². The lowest BCUT2D eigenvalue weighted by Crippen LogP contribution is -2.41. The summed E-state index contributed by atoms with van der Waals surface area (Å²) >= 11 is 1.68. The van der Waals surface area contributed by atoms with Crippen molar-refractivity contribution in [2.45, 2.75) is 76.8 Å². The molecule has 1 saturated carbocycles. The molecule has 3 aromatic rings. The number of anilines is 1. The normalized spacial score (nSPS) is 21.5. The number of nitrogens with zero attached hydrogens (tertiary/aromatic N) is 2. The fourth-order valence-electron chi connectivity index (χ4n) is 6.11.